The largest absolute Gasteiger partial charge is 0.316 e. The van der Waals surface area contributed by atoms with Crippen LogP contribution in [0.25, 0.3) is 0 Å². The van der Waals surface area contributed by atoms with E-state index in [-0.39, 0.29) is 0 Å². The van der Waals surface area contributed by atoms with Gasteiger partial charge in [0.05, 0.1) is 0 Å². The lowest BCUT2D eigenvalue weighted by atomic mass is 10.1. The average Bonchev–Trinajstić information content (AvgIpc) is 2.25. The van der Waals surface area contributed by atoms with Crippen LogP contribution in [-0.2, 0) is 0 Å². The molecule has 0 saturated carbocycles. The van der Waals surface area contributed by atoms with Gasteiger partial charge in [0.1, 0.15) is 0 Å². The van der Waals surface area contributed by atoms with Crippen molar-refractivity contribution in [1.82, 2.24) is 5.32 Å². The molecular weight excluding hydrogens is 194 g/mol. The van der Waals surface area contributed by atoms with E-state index >= 15 is 0 Å². The Hall–Kier alpha value is -0.0400. The Balaban J connectivity index is 2.88. The molecule has 0 aliphatic heterocycles. The molecule has 0 aliphatic carbocycles. The molecule has 0 aliphatic rings. The highest BCUT2D eigenvalue weighted by Crippen LogP contribution is 2.09. The van der Waals surface area contributed by atoms with Gasteiger partial charge in [0.25, 0.3) is 0 Å². The van der Waals surface area contributed by atoms with E-state index in [1.807, 2.05) is 0 Å². The molecule has 0 spiro atoms. The van der Waals surface area contributed by atoms with Gasteiger partial charge >= 0.3 is 0 Å². The first kappa shape index (κ1) is 16.0. The number of nitrogens with one attached hydrogen (secondary N) is 1. The summed E-state index contributed by atoms with van der Waals surface area (Å²) < 4.78 is 0. The number of unbranched alkanes of at least 4 members (excludes halogenated alkanes) is 8. The summed E-state index contributed by atoms with van der Waals surface area (Å²) in [6.45, 7) is 9.21. The topological polar surface area (TPSA) is 12.0 Å². The third kappa shape index (κ3) is 14.0. The summed E-state index contributed by atoms with van der Waals surface area (Å²) in [6, 6.07) is 0. The van der Waals surface area contributed by atoms with E-state index in [4.69, 9.17) is 0 Å². The third-order valence-corrected chi connectivity index (χ3v) is 3.01. The maximum atomic E-state index is 3.50. The fourth-order valence-corrected chi connectivity index (χ4v) is 1.95. The molecule has 98 valence electrons. The van der Waals surface area contributed by atoms with Crippen molar-refractivity contribution in [3.05, 3.63) is 0 Å². The smallest absolute Gasteiger partial charge is 0.00258 e. The van der Waals surface area contributed by atoms with Crippen LogP contribution >= 0.6 is 0 Å². The molecule has 0 radical (unpaired) electrons. The second kappa shape index (κ2) is 13.0. The van der Waals surface area contributed by atoms with Gasteiger partial charge in [-0.2, -0.15) is 0 Å². The minimum atomic E-state index is 0.790. The Morgan fingerprint density at radius 3 is 1.75 bits per heavy atom. The van der Waals surface area contributed by atoms with Gasteiger partial charge in [-0.3, -0.25) is 0 Å². The van der Waals surface area contributed by atoms with E-state index in [2.05, 4.69) is 26.1 Å². The summed E-state index contributed by atoms with van der Waals surface area (Å²) >= 11 is 0. The fourth-order valence-electron chi connectivity index (χ4n) is 1.95. The fraction of sp³-hybridized carbons (Fsp3) is 1.00. The molecule has 0 aromatic heterocycles. The van der Waals surface area contributed by atoms with Crippen LogP contribution in [0, 0.1) is 5.92 Å². The molecule has 0 atom stereocenters. The Kier molecular flexibility index (Phi) is 13.0. The Bertz CT molecular complexity index is 121. The monoisotopic (exact) mass is 227 g/mol. The van der Waals surface area contributed by atoms with Crippen LogP contribution < -0.4 is 5.32 Å². The summed E-state index contributed by atoms with van der Waals surface area (Å²) in [7, 11) is 0. The van der Waals surface area contributed by atoms with E-state index in [9.17, 15) is 0 Å². The first-order chi connectivity index (χ1) is 7.77. The van der Waals surface area contributed by atoms with E-state index in [1.54, 1.807) is 0 Å². The third-order valence-electron chi connectivity index (χ3n) is 3.01. The lowest BCUT2D eigenvalue weighted by Gasteiger charge is -2.06. The summed E-state index contributed by atoms with van der Waals surface area (Å²) in [6.07, 6.45) is 12.8. The van der Waals surface area contributed by atoms with E-state index in [0.29, 0.717) is 0 Å². The lowest BCUT2D eigenvalue weighted by Crippen LogP contribution is -2.20. The Labute approximate surface area is 103 Å². The molecule has 0 amide bonds. The quantitative estimate of drug-likeness (QED) is 0.474. The van der Waals surface area contributed by atoms with Gasteiger partial charge in [0, 0.05) is 0 Å². The maximum absolute atomic E-state index is 3.50. The molecule has 1 nitrogen and oxygen atoms in total. The van der Waals surface area contributed by atoms with Gasteiger partial charge < -0.3 is 5.32 Å². The van der Waals surface area contributed by atoms with Gasteiger partial charge in [-0.15, -0.1) is 0 Å². The summed E-state index contributed by atoms with van der Waals surface area (Å²) in [5.41, 5.74) is 0. The molecule has 0 heterocycles. The van der Waals surface area contributed by atoms with Crippen molar-refractivity contribution in [2.75, 3.05) is 13.1 Å². The maximum Gasteiger partial charge on any atom is -0.00258 e. The zero-order chi connectivity index (χ0) is 12.1. The van der Waals surface area contributed by atoms with Crippen molar-refractivity contribution in [2.24, 2.45) is 5.92 Å². The van der Waals surface area contributed by atoms with Crippen LogP contribution in [0.3, 0.4) is 0 Å². The second-order valence-electron chi connectivity index (χ2n) is 5.43. The molecule has 1 N–H and O–H groups in total. The molecule has 0 aromatic rings. The predicted octanol–water partition coefficient (Wildman–Crippen LogP) is 4.76. The molecule has 0 saturated heterocycles. The first-order valence-electron chi connectivity index (χ1n) is 7.48. The molecule has 0 unspecified atom stereocenters. The number of rotatable bonds is 12. The molecule has 0 aromatic carbocycles. The van der Waals surface area contributed by atoms with Crippen LogP contribution in [0.1, 0.15) is 78.6 Å². The standard InChI is InChI=1S/C15H33N/c1-4-5-6-7-8-9-10-11-12-13-16-14-15(2)3/h15-16H,4-14H2,1-3H3. The molecule has 1 heteroatoms. The molecule has 0 fully saturated rings. The summed E-state index contributed by atoms with van der Waals surface area (Å²) in [5, 5.41) is 3.50. The van der Waals surface area contributed by atoms with Crippen LogP contribution in [0.2, 0.25) is 0 Å². The van der Waals surface area contributed by atoms with Gasteiger partial charge in [-0.25, -0.2) is 0 Å². The highest BCUT2D eigenvalue weighted by molar-refractivity contribution is 4.52. The van der Waals surface area contributed by atoms with Crippen molar-refractivity contribution < 1.29 is 0 Å². The van der Waals surface area contributed by atoms with Crippen molar-refractivity contribution >= 4 is 0 Å². The van der Waals surface area contributed by atoms with Gasteiger partial charge in [-0.05, 0) is 25.4 Å². The SMILES string of the molecule is CCCCCCCCCCCNCC(C)C. The molecule has 16 heavy (non-hydrogen) atoms. The number of hydrogen-bond donors (Lipinski definition) is 1. The van der Waals surface area contributed by atoms with Gasteiger partial charge in [0.2, 0.25) is 0 Å². The van der Waals surface area contributed by atoms with Crippen LogP contribution in [0.5, 0.6) is 0 Å². The van der Waals surface area contributed by atoms with Gasteiger partial charge in [-0.1, -0.05) is 72.1 Å². The van der Waals surface area contributed by atoms with Gasteiger partial charge in [0.15, 0.2) is 0 Å². The average molecular weight is 227 g/mol. The van der Waals surface area contributed by atoms with E-state index in [0.717, 1.165) is 5.92 Å². The molecular formula is C15H33N. The minimum Gasteiger partial charge on any atom is -0.316 e. The summed E-state index contributed by atoms with van der Waals surface area (Å²) in [5.74, 6) is 0.790. The lowest BCUT2D eigenvalue weighted by molar-refractivity contribution is 0.517. The zero-order valence-corrected chi connectivity index (χ0v) is 11.9. The Morgan fingerprint density at radius 1 is 0.750 bits per heavy atom. The highest BCUT2D eigenvalue weighted by atomic mass is 14.8. The van der Waals surface area contributed by atoms with E-state index in [1.165, 1.54) is 70.9 Å². The minimum absolute atomic E-state index is 0.790. The van der Waals surface area contributed by atoms with E-state index < -0.39 is 0 Å². The predicted molar refractivity (Wildman–Crippen MR) is 74.9 cm³/mol. The first-order valence-corrected chi connectivity index (χ1v) is 7.48. The summed E-state index contributed by atoms with van der Waals surface area (Å²) in [4.78, 5) is 0. The highest BCUT2D eigenvalue weighted by Gasteiger charge is 1.93. The number of hydrogen-bond acceptors (Lipinski definition) is 1. The van der Waals surface area contributed by atoms with Crippen LogP contribution in [-0.4, -0.2) is 13.1 Å². The van der Waals surface area contributed by atoms with Crippen molar-refractivity contribution in [3.63, 3.8) is 0 Å². The van der Waals surface area contributed by atoms with Crippen molar-refractivity contribution in [3.8, 4) is 0 Å². The Morgan fingerprint density at radius 2 is 1.25 bits per heavy atom. The van der Waals surface area contributed by atoms with Crippen molar-refractivity contribution in [1.29, 1.82) is 0 Å². The molecule has 0 rings (SSSR count). The van der Waals surface area contributed by atoms with Crippen molar-refractivity contribution in [2.45, 2.75) is 78.6 Å². The zero-order valence-electron chi connectivity index (χ0n) is 11.9. The van der Waals surface area contributed by atoms with Crippen LogP contribution in [0.4, 0.5) is 0 Å². The normalized spacial score (nSPS) is 11.2. The van der Waals surface area contributed by atoms with Crippen LogP contribution in [0.15, 0.2) is 0 Å². The molecule has 0 bridgehead atoms. The second-order valence-corrected chi connectivity index (χ2v) is 5.43.